The van der Waals surface area contributed by atoms with Gasteiger partial charge in [0.15, 0.2) is 23.1 Å². The Morgan fingerprint density at radius 3 is 2.53 bits per heavy atom. The maximum atomic E-state index is 13.8. The lowest BCUT2D eigenvalue weighted by Gasteiger charge is -2.37. The van der Waals surface area contributed by atoms with Gasteiger partial charge < -0.3 is 14.8 Å². The molecule has 2 aliphatic heterocycles. The maximum absolute atomic E-state index is 13.8. The molecule has 0 saturated carbocycles. The minimum absolute atomic E-state index is 0.0198. The molecule has 2 heterocycles. The molecule has 3 aromatic rings. The van der Waals surface area contributed by atoms with E-state index in [0.29, 0.717) is 36.7 Å². The third kappa shape index (κ3) is 5.04. The standard InChI is InChI=1S/C27H26F2N2O3/c28-23-8-6-19(10-24(23)29)14-31-15-21(20-4-2-1-3-5-20)12-22(16-31)27(32)30-13-18-7-9-25-26(11-18)34-17-33-25/h1-11,21-22H,12-17H2,(H,30,32)/t21-,22+/m1/s1. The van der Waals surface area contributed by atoms with Crippen LogP contribution in [0.5, 0.6) is 11.5 Å². The SMILES string of the molecule is O=C(NCc1ccc2c(c1)OCO2)[C@H]1C[C@@H](c2ccccc2)CN(Cc2ccc(F)c(F)c2)C1. The molecule has 34 heavy (non-hydrogen) atoms. The zero-order valence-electron chi connectivity index (χ0n) is 18.7. The van der Waals surface area contributed by atoms with Gasteiger partial charge in [-0.15, -0.1) is 0 Å². The minimum Gasteiger partial charge on any atom is -0.454 e. The first-order valence-electron chi connectivity index (χ1n) is 11.4. The topological polar surface area (TPSA) is 50.8 Å². The van der Waals surface area contributed by atoms with Gasteiger partial charge in [-0.25, -0.2) is 8.78 Å². The van der Waals surface area contributed by atoms with Crippen molar-refractivity contribution in [2.45, 2.75) is 25.4 Å². The number of piperidine rings is 1. The summed E-state index contributed by atoms with van der Waals surface area (Å²) >= 11 is 0. The molecule has 0 aliphatic carbocycles. The Balaban J connectivity index is 1.29. The second-order valence-electron chi connectivity index (χ2n) is 8.89. The first-order chi connectivity index (χ1) is 16.5. The molecule has 0 bridgehead atoms. The Kier molecular flexibility index (Phi) is 6.45. The van der Waals surface area contributed by atoms with Crippen LogP contribution in [-0.4, -0.2) is 30.7 Å². The fourth-order valence-corrected chi connectivity index (χ4v) is 4.76. The van der Waals surface area contributed by atoms with Crippen molar-refractivity contribution in [3.05, 3.63) is 95.1 Å². The second kappa shape index (κ2) is 9.81. The average molecular weight is 465 g/mol. The zero-order valence-corrected chi connectivity index (χ0v) is 18.7. The Morgan fingerprint density at radius 2 is 1.71 bits per heavy atom. The molecule has 1 fully saturated rings. The molecule has 2 aliphatic rings. The number of hydrogen-bond acceptors (Lipinski definition) is 4. The second-order valence-corrected chi connectivity index (χ2v) is 8.89. The molecule has 7 heteroatoms. The highest BCUT2D eigenvalue weighted by Crippen LogP contribution is 2.33. The normalized spacial score (nSPS) is 19.7. The van der Waals surface area contributed by atoms with E-state index in [-0.39, 0.29) is 24.5 Å². The predicted molar refractivity (Wildman–Crippen MR) is 123 cm³/mol. The smallest absolute Gasteiger partial charge is 0.231 e. The Labute approximate surface area is 197 Å². The first kappa shape index (κ1) is 22.3. The number of halogens is 2. The van der Waals surface area contributed by atoms with Gasteiger partial charge in [-0.1, -0.05) is 42.5 Å². The van der Waals surface area contributed by atoms with Crippen molar-refractivity contribution in [1.82, 2.24) is 10.2 Å². The number of benzene rings is 3. The summed E-state index contributed by atoms with van der Waals surface area (Å²) < 4.78 is 37.9. The van der Waals surface area contributed by atoms with Crippen LogP contribution in [0.25, 0.3) is 0 Å². The molecule has 5 nitrogen and oxygen atoms in total. The monoisotopic (exact) mass is 464 g/mol. The van der Waals surface area contributed by atoms with E-state index in [2.05, 4.69) is 22.3 Å². The molecule has 1 amide bonds. The lowest BCUT2D eigenvalue weighted by Crippen LogP contribution is -2.45. The number of ether oxygens (including phenoxy) is 2. The van der Waals surface area contributed by atoms with E-state index in [0.717, 1.165) is 24.6 Å². The van der Waals surface area contributed by atoms with E-state index < -0.39 is 11.6 Å². The number of nitrogens with one attached hydrogen (secondary N) is 1. The van der Waals surface area contributed by atoms with Crippen molar-refractivity contribution in [2.24, 2.45) is 5.92 Å². The molecule has 1 N–H and O–H groups in total. The van der Waals surface area contributed by atoms with Crippen LogP contribution in [0, 0.1) is 17.6 Å². The van der Waals surface area contributed by atoms with Gasteiger partial charge in [0.2, 0.25) is 12.7 Å². The summed E-state index contributed by atoms with van der Waals surface area (Å²) in [6.45, 7) is 2.35. The summed E-state index contributed by atoms with van der Waals surface area (Å²) in [6, 6.07) is 19.7. The molecule has 0 unspecified atom stereocenters. The van der Waals surface area contributed by atoms with Crippen LogP contribution in [0.2, 0.25) is 0 Å². The molecule has 0 radical (unpaired) electrons. The van der Waals surface area contributed by atoms with Crippen LogP contribution in [0.4, 0.5) is 8.78 Å². The minimum atomic E-state index is -0.856. The highest BCUT2D eigenvalue weighted by molar-refractivity contribution is 5.79. The average Bonchev–Trinajstić information content (AvgIpc) is 3.33. The number of carbonyl (C=O) groups excluding carboxylic acids is 1. The van der Waals surface area contributed by atoms with Gasteiger partial charge in [0.25, 0.3) is 0 Å². The van der Waals surface area contributed by atoms with Crippen LogP contribution in [0.15, 0.2) is 66.7 Å². The van der Waals surface area contributed by atoms with Crippen molar-refractivity contribution in [3.8, 4) is 11.5 Å². The van der Waals surface area contributed by atoms with Gasteiger partial charge in [0, 0.05) is 26.2 Å². The van der Waals surface area contributed by atoms with Crippen LogP contribution in [-0.2, 0) is 17.9 Å². The third-order valence-corrected chi connectivity index (χ3v) is 6.46. The largest absolute Gasteiger partial charge is 0.454 e. The van der Waals surface area contributed by atoms with E-state index in [1.165, 1.54) is 11.6 Å². The Bertz CT molecular complexity index is 1170. The number of carbonyl (C=O) groups is 1. The predicted octanol–water partition coefficient (Wildman–Crippen LogP) is 4.62. The van der Waals surface area contributed by atoms with E-state index >= 15 is 0 Å². The lowest BCUT2D eigenvalue weighted by atomic mass is 9.84. The van der Waals surface area contributed by atoms with Gasteiger partial charge >= 0.3 is 0 Å². The summed E-state index contributed by atoms with van der Waals surface area (Å²) in [5, 5.41) is 3.06. The highest BCUT2D eigenvalue weighted by Gasteiger charge is 2.32. The third-order valence-electron chi connectivity index (χ3n) is 6.46. The van der Waals surface area contributed by atoms with Crippen LogP contribution in [0.3, 0.4) is 0 Å². The summed E-state index contributed by atoms with van der Waals surface area (Å²) in [4.78, 5) is 15.3. The zero-order chi connectivity index (χ0) is 23.5. The van der Waals surface area contributed by atoms with Crippen LogP contribution >= 0.6 is 0 Å². The van der Waals surface area contributed by atoms with E-state index in [9.17, 15) is 13.6 Å². The Morgan fingerprint density at radius 1 is 0.912 bits per heavy atom. The molecule has 0 spiro atoms. The molecule has 0 aromatic heterocycles. The molecule has 3 aromatic carbocycles. The molecule has 2 atom stereocenters. The summed E-state index contributed by atoms with van der Waals surface area (Å²) in [5.74, 6) is -0.391. The molecule has 1 saturated heterocycles. The maximum Gasteiger partial charge on any atom is 0.231 e. The van der Waals surface area contributed by atoms with Crippen molar-refractivity contribution in [2.75, 3.05) is 19.9 Å². The molecular weight excluding hydrogens is 438 g/mol. The number of rotatable bonds is 6. The van der Waals surface area contributed by atoms with Gasteiger partial charge in [0.1, 0.15) is 0 Å². The van der Waals surface area contributed by atoms with Crippen molar-refractivity contribution >= 4 is 5.91 Å². The summed E-state index contributed by atoms with van der Waals surface area (Å²) in [7, 11) is 0. The number of fused-ring (bicyclic) bond motifs is 1. The van der Waals surface area contributed by atoms with Gasteiger partial charge in [0.05, 0.1) is 5.92 Å². The van der Waals surface area contributed by atoms with Gasteiger partial charge in [-0.05, 0) is 53.3 Å². The molecule has 5 rings (SSSR count). The Hall–Kier alpha value is -3.45. The van der Waals surface area contributed by atoms with E-state index in [1.807, 2.05) is 36.4 Å². The van der Waals surface area contributed by atoms with Crippen molar-refractivity contribution in [3.63, 3.8) is 0 Å². The van der Waals surface area contributed by atoms with Crippen LogP contribution < -0.4 is 14.8 Å². The van der Waals surface area contributed by atoms with E-state index in [1.54, 1.807) is 6.07 Å². The number of amides is 1. The van der Waals surface area contributed by atoms with Crippen molar-refractivity contribution in [1.29, 1.82) is 0 Å². The summed E-state index contributed by atoms with van der Waals surface area (Å²) in [6.07, 6.45) is 0.727. The fraction of sp³-hybridized carbons (Fsp3) is 0.296. The molecule has 176 valence electrons. The number of likely N-dealkylation sites (tertiary alicyclic amines) is 1. The highest BCUT2D eigenvalue weighted by atomic mass is 19.2. The quantitative estimate of drug-likeness (QED) is 0.579. The van der Waals surface area contributed by atoms with Gasteiger partial charge in [-0.3, -0.25) is 9.69 Å². The molecular formula is C27H26F2N2O3. The summed E-state index contributed by atoms with van der Waals surface area (Å²) in [5.41, 5.74) is 2.80. The van der Waals surface area contributed by atoms with Crippen LogP contribution in [0.1, 0.15) is 29.0 Å². The first-order valence-corrected chi connectivity index (χ1v) is 11.4. The number of nitrogens with zero attached hydrogens (tertiary/aromatic N) is 1. The fourth-order valence-electron chi connectivity index (χ4n) is 4.76. The van der Waals surface area contributed by atoms with Crippen molar-refractivity contribution < 1.29 is 23.0 Å². The number of hydrogen-bond donors (Lipinski definition) is 1. The van der Waals surface area contributed by atoms with E-state index in [4.69, 9.17) is 9.47 Å². The van der Waals surface area contributed by atoms with Gasteiger partial charge in [-0.2, -0.15) is 0 Å². The lowest BCUT2D eigenvalue weighted by molar-refractivity contribution is -0.127.